The van der Waals surface area contributed by atoms with Crippen LogP contribution in [-0.2, 0) is 0 Å². The minimum Gasteiger partial charge on any atom is -0.491 e. The molecule has 0 amide bonds. The Labute approximate surface area is 171 Å². The Bertz CT molecular complexity index is 615. The molecule has 0 N–H and O–H groups in total. The predicted octanol–water partition coefficient (Wildman–Crippen LogP) is 8.05. The highest BCUT2D eigenvalue weighted by atomic mass is 19.1. The molecule has 1 aromatic carbocycles. The van der Waals surface area contributed by atoms with Gasteiger partial charge in [-0.15, -0.1) is 0 Å². The summed E-state index contributed by atoms with van der Waals surface area (Å²) in [5, 5.41) is 0. The van der Waals surface area contributed by atoms with Crippen LogP contribution in [0.25, 0.3) is 0 Å². The standard InChI is InChI=1S/C26H39FO/c1-3-8-20-11-13-22(14-12-20)24(18-21-9-6-5-7-10-21)23-15-16-26(25(27)19-23)28-17-4-2/h5-6,15-16,19-22,24H,3-4,7-14,17-18H2,1-2H3. The van der Waals surface area contributed by atoms with E-state index in [0.29, 0.717) is 24.2 Å². The van der Waals surface area contributed by atoms with Crippen molar-refractivity contribution in [2.75, 3.05) is 6.61 Å². The van der Waals surface area contributed by atoms with Crippen LogP contribution in [0.4, 0.5) is 4.39 Å². The molecule has 28 heavy (non-hydrogen) atoms. The monoisotopic (exact) mass is 386 g/mol. The lowest BCUT2D eigenvalue weighted by Crippen LogP contribution is -2.23. The fourth-order valence-electron chi connectivity index (χ4n) is 5.39. The van der Waals surface area contributed by atoms with Crippen molar-refractivity contribution >= 4 is 0 Å². The van der Waals surface area contributed by atoms with E-state index in [1.807, 2.05) is 6.07 Å². The molecule has 0 saturated heterocycles. The van der Waals surface area contributed by atoms with E-state index in [9.17, 15) is 4.39 Å². The molecular weight excluding hydrogens is 347 g/mol. The van der Waals surface area contributed by atoms with Crippen LogP contribution in [0.15, 0.2) is 30.4 Å². The topological polar surface area (TPSA) is 9.23 Å². The lowest BCUT2D eigenvalue weighted by Gasteiger charge is -2.36. The Balaban J connectivity index is 1.74. The van der Waals surface area contributed by atoms with Crippen molar-refractivity contribution in [1.82, 2.24) is 0 Å². The smallest absolute Gasteiger partial charge is 0.165 e. The quantitative estimate of drug-likeness (QED) is 0.390. The van der Waals surface area contributed by atoms with Gasteiger partial charge in [-0.05, 0) is 86.3 Å². The van der Waals surface area contributed by atoms with Crippen LogP contribution in [0.1, 0.15) is 96.0 Å². The van der Waals surface area contributed by atoms with Crippen LogP contribution in [0.2, 0.25) is 0 Å². The van der Waals surface area contributed by atoms with Gasteiger partial charge < -0.3 is 4.74 Å². The third kappa shape index (κ3) is 5.84. The number of benzene rings is 1. The molecule has 0 aromatic heterocycles. The molecule has 2 atom stereocenters. The summed E-state index contributed by atoms with van der Waals surface area (Å²) in [7, 11) is 0. The zero-order valence-corrected chi connectivity index (χ0v) is 18.0. The van der Waals surface area contributed by atoms with Gasteiger partial charge >= 0.3 is 0 Å². The van der Waals surface area contributed by atoms with Crippen molar-refractivity contribution < 1.29 is 9.13 Å². The molecule has 1 saturated carbocycles. The maximum atomic E-state index is 14.7. The Morgan fingerprint density at radius 3 is 2.46 bits per heavy atom. The molecule has 1 fully saturated rings. The third-order valence-electron chi connectivity index (χ3n) is 6.97. The molecule has 2 aliphatic carbocycles. The molecule has 1 nitrogen and oxygen atoms in total. The maximum Gasteiger partial charge on any atom is 0.165 e. The zero-order valence-electron chi connectivity index (χ0n) is 18.0. The van der Waals surface area contributed by atoms with Crippen LogP contribution in [-0.4, -0.2) is 6.61 Å². The first kappa shape index (κ1) is 21.4. The van der Waals surface area contributed by atoms with E-state index in [2.05, 4.69) is 32.1 Å². The van der Waals surface area contributed by atoms with E-state index < -0.39 is 0 Å². The molecular formula is C26H39FO. The average molecular weight is 387 g/mol. The highest BCUT2D eigenvalue weighted by Gasteiger charge is 2.30. The van der Waals surface area contributed by atoms with E-state index in [1.165, 1.54) is 69.8 Å². The highest BCUT2D eigenvalue weighted by Crippen LogP contribution is 2.44. The van der Waals surface area contributed by atoms with E-state index in [0.717, 1.165) is 18.3 Å². The molecule has 0 bridgehead atoms. The molecule has 0 heterocycles. The SMILES string of the molecule is CCCOc1ccc(C(CC2CC=CCC2)C2CCC(CCC)CC2)cc1F. The summed E-state index contributed by atoms with van der Waals surface area (Å²) < 4.78 is 20.3. The van der Waals surface area contributed by atoms with Gasteiger partial charge in [0.1, 0.15) is 0 Å². The van der Waals surface area contributed by atoms with Crippen LogP contribution in [0.5, 0.6) is 5.75 Å². The molecule has 0 spiro atoms. The van der Waals surface area contributed by atoms with Gasteiger partial charge in [0.2, 0.25) is 0 Å². The van der Waals surface area contributed by atoms with Crippen molar-refractivity contribution in [2.24, 2.45) is 17.8 Å². The van der Waals surface area contributed by atoms with Crippen molar-refractivity contribution in [3.63, 3.8) is 0 Å². The van der Waals surface area contributed by atoms with Crippen molar-refractivity contribution in [2.45, 2.75) is 90.4 Å². The highest BCUT2D eigenvalue weighted by molar-refractivity contribution is 5.32. The third-order valence-corrected chi connectivity index (χ3v) is 6.97. The molecule has 0 radical (unpaired) electrons. The van der Waals surface area contributed by atoms with Gasteiger partial charge in [-0.3, -0.25) is 0 Å². The number of allylic oxidation sites excluding steroid dienone is 2. The van der Waals surface area contributed by atoms with E-state index in [1.54, 1.807) is 6.07 Å². The molecule has 0 aliphatic heterocycles. The van der Waals surface area contributed by atoms with Gasteiger partial charge in [0.25, 0.3) is 0 Å². The van der Waals surface area contributed by atoms with Crippen LogP contribution in [0.3, 0.4) is 0 Å². The molecule has 2 heteroatoms. The second-order valence-electron chi connectivity index (χ2n) is 9.10. The van der Waals surface area contributed by atoms with Crippen molar-refractivity contribution in [3.05, 3.63) is 41.7 Å². The van der Waals surface area contributed by atoms with Crippen molar-refractivity contribution in [1.29, 1.82) is 0 Å². The maximum absolute atomic E-state index is 14.7. The summed E-state index contributed by atoms with van der Waals surface area (Å²) in [6.45, 7) is 4.93. The Kier molecular flexibility index (Phi) is 8.43. The first-order valence-electron chi connectivity index (χ1n) is 11.8. The Hall–Kier alpha value is -1.31. The molecule has 156 valence electrons. The van der Waals surface area contributed by atoms with Crippen LogP contribution < -0.4 is 4.74 Å². The lowest BCUT2D eigenvalue weighted by molar-refractivity contribution is 0.211. The predicted molar refractivity (Wildman–Crippen MR) is 116 cm³/mol. The van der Waals surface area contributed by atoms with Gasteiger partial charge in [-0.1, -0.05) is 57.7 Å². The van der Waals surface area contributed by atoms with Gasteiger partial charge in [0.05, 0.1) is 6.61 Å². The number of halogens is 1. The molecule has 3 rings (SSSR count). The van der Waals surface area contributed by atoms with Crippen LogP contribution in [0, 0.1) is 23.6 Å². The number of hydrogen-bond acceptors (Lipinski definition) is 1. The summed E-state index contributed by atoms with van der Waals surface area (Å²) in [6, 6.07) is 5.80. The van der Waals surface area contributed by atoms with E-state index in [4.69, 9.17) is 4.74 Å². The number of rotatable bonds is 9. The summed E-state index contributed by atoms with van der Waals surface area (Å²) in [5.41, 5.74) is 1.20. The van der Waals surface area contributed by atoms with Gasteiger partial charge in [-0.2, -0.15) is 0 Å². The largest absolute Gasteiger partial charge is 0.491 e. The molecule has 2 aliphatic rings. The second kappa shape index (κ2) is 11.0. The number of hydrogen-bond donors (Lipinski definition) is 0. The Morgan fingerprint density at radius 2 is 1.82 bits per heavy atom. The van der Waals surface area contributed by atoms with Gasteiger partial charge in [0.15, 0.2) is 11.6 Å². The van der Waals surface area contributed by atoms with Gasteiger partial charge in [-0.25, -0.2) is 4.39 Å². The molecule has 2 unspecified atom stereocenters. The minimum atomic E-state index is -0.181. The van der Waals surface area contributed by atoms with Crippen molar-refractivity contribution in [3.8, 4) is 5.75 Å². The Morgan fingerprint density at radius 1 is 1.00 bits per heavy atom. The second-order valence-corrected chi connectivity index (χ2v) is 9.10. The number of ether oxygens (including phenoxy) is 1. The van der Waals surface area contributed by atoms with E-state index in [-0.39, 0.29) is 5.82 Å². The van der Waals surface area contributed by atoms with E-state index >= 15 is 0 Å². The fourth-order valence-corrected chi connectivity index (χ4v) is 5.39. The summed E-state index contributed by atoms with van der Waals surface area (Å²) in [5.74, 6) is 3.11. The minimum absolute atomic E-state index is 0.181. The normalized spacial score (nSPS) is 26.2. The first-order chi connectivity index (χ1) is 13.7. The zero-order chi connectivity index (χ0) is 19.8. The summed E-state index contributed by atoms with van der Waals surface area (Å²) >= 11 is 0. The lowest BCUT2D eigenvalue weighted by atomic mass is 9.69. The summed E-state index contributed by atoms with van der Waals surface area (Å²) in [6.07, 6.45) is 18.5. The van der Waals surface area contributed by atoms with Crippen LogP contribution >= 0.6 is 0 Å². The first-order valence-corrected chi connectivity index (χ1v) is 11.8. The summed E-state index contributed by atoms with van der Waals surface area (Å²) in [4.78, 5) is 0. The van der Waals surface area contributed by atoms with Gasteiger partial charge in [0, 0.05) is 0 Å². The average Bonchev–Trinajstić information content (AvgIpc) is 2.73. The fraction of sp³-hybridized carbons (Fsp3) is 0.692. The molecule has 1 aromatic rings.